The third kappa shape index (κ3) is 9.96. The fourth-order valence-corrected chi connectivity index (χ4v) is 4.66. The molecular weight excluding hydrogens is 634 g/mol. The number of rotatable bonds is 6. The summed E-state index contributed by atoms with van der Waals surface area (Å²) in [6.07, 6.45) is -3.71. The largest absolute Gasteiger partial charge is 0.497 e. The van der Waals surface area contributed by atoms with Crippen LogP contribution in [-0.2, 0) is 44.4 Å². The van der Waals surface area contributed by atoms with Crippen LogP contribution in [-0.4, -0.2) is 81.2 Å². The van der Waals surface area contributed by atoms with E-state index in [2.05, 4.69) is 19.8 Å². The summed E-state index contributed by atoms with van der Waals surface area (Å²) in [5.41, 5.74) is 0.442. The number of imidazole rings is 1. The van der Waals surface area contributed by atoms with Crippen LogP contribution >= 0.6 is 0 Å². The molecule has 0 bridgehead atoms. The zero-order valence-corrected chi connectivity index (χ0v) is 24.2. The highest BCUT2D eigenvalue weighted by molar-refractivity contribution is 5.81. The summed E-state index contributed by atoms with van der Waals surface area (Å²) in [7, 11) is 1.63. The molecule has 1 atom stereocenters. The second-order valence-electron chi connectivity index (χ2n) is 10.0. The van der Waals surface area contributed by atoms with Gasteiger partial charge in [0.1, 0.15) is 22.9 Å². The molecule has 252 valence electrons. The molecule has 0 radical (unpaired) electrons. The van der Waals surface area contributed by atoms with Crippen LogP contribution in [0.1, 0.15) is 30.0 Å². The standard InChI is InChI=1S/C24H28N4O4.2C2HF3O2/c1-30-19-5-2-4-18(14-19)15-26-22(29)21-17-28-12-9-25-23(28)24(32-21)7-10-27(11-8-24)16-20-6-3-13-31-20;2*3-2(4,5)1(6)7/h2-6,9,12-14,21H,7-8,10-11,15-17H2,1H3,(H,26,29);2*(H,6,7). The Balaban J connectivity index is 0.000000345. The smallest absolute Gasteiger partial charge is 0.490 e. The van der Waals surface area contributed by atoms with E-state index in [0.29, 0.717) is 13.1 Å². The first kappa shape index (κ1) is 35.9. The van der Waals surface area contributed by atoms with Crippen LogP contribution in [0.25, 0.3) is 0 Å². The molecule has 1 fully saturated rings. The minimum absolute atomic E-state index is 0.107. The van der Waals surface area contributed by atoms with Gasteiger partial charge in [-0.05, 0) is 42.7 Å². The number of carboxylic acids is 2. The van der Waals surface area contributed by atoms with E-state index in [0.717, 1.165) is 55.4 Å². The minimum atomic E-state index is -5.08. The van der Waals surface area contributed by atoms with Gasteiger partial charge in [0.2, 0.25) is 0 Å². The first-order valence-corrected chi connectivity index (χ1v) is 13.5. The molecule has 0 saturated carbocycles. The number of nitrogens with zero attached hydrogens (tertiary/aromatic N) is 3. The van der Waals surface area contributed by atoms with Crippen molar-refractivity contribution >= 4 is 17.8 Å². The molecule has 5 rings (SSSR count). The lowest BCUT2D eigenvalue weighted by Crippen LogP contribution is -2.53. The molecule has 18 heteroatoms. The Hall–Kier alpha value is -4.58. The van der Waals surface area contributed by atoms with Gasteiger partial charge in [0.15, 0.2) is 6.10 Å². The van der Waals surface area contributed by atoms with E-state index in [4.69, 9.17) is 33.7 Å². The van der Waals surface area contributed by atoms with Gasteiger partial charge in [-0.25, -0.2) is 14.6 Å². The first-order chi connectivity index (χ1) is 21.5. The number of carbonyl (C=O) groups excluding carboxylic acids is 1. The number of likely N-dealkylation sites (tertiary alicyclic amines) is 1. The average molecular weight is 665 g/mol. The lowest BCUT2D eigenvalue weighted by molar-refractivity contribution is -0.193. The van der Waals surface area contributed by atoms with E-state index in [1.165, 1.54) is 0 Å². The molecule has 1 unspecified atom stereocenters. The lowest BCUT2D eigenvalue weighted by atomic mass is 9.88. The second kappa shape index (κ2) is 15.1. The second-order valence-corrected chi connectivity index (χ2v) is 10.0. The van der Waals surface area contributed by atoms with Crippen molar-refractivity contribution in [2.24, 2.45) is 0 Å². The van der Waals surface area contributed by atoms with E-state index in [1.54, 1.807) is 19.6 Å². The Kier molecular flexibility index (Phi) is 11.8. The Morgan fingerprint density at radius 3 is 2.22 bits per heavy atom. The lowest BCUT2D eigenvalue weighted by Gasteiger charge is -2.45. The van der Waals surface area contributed by atoms with E-state index in [1.807, 2.05) is 42.6 Å². The Morgan fingerprint density at radius 1 is 1.04 bits per heavy atom. The Morgan fingerprint density at radius 2 is 1.67 bits per heavy atom. The Labute approximate surface area is 257 Å². The topological polar surface area (TPSA) is 156 Å². The monoisotopic (exact) mass is 664 g/mol. The van der Waals surface area contributed by atoms with Gasteiger partial charge in [-0.2, -0.15) is 26.3 Å². The van der Waals surface area contributed by atoms with Gasteiger partial charge < -0.3 is 34.0 Å². The van der Waals surface area contributed by atoms with Crippen LogP contribution in [0, 0.1) is 0 Å². The van der Waals surface area contributed by atoms with Crippen molar-refractivity contribution in [3.8, 4) is 5.75 Å². The van der Waals surface area contributed by atoms with Crippen LogP contribution in [0.2, 0.25) is 0 Å². The summed E-state index contributed by atoms with van der Waals surface area (Å²) >= 11 is 0. The van der Waals surface area contributed by atoms with Gasteiger partial charge >= 0.3 is 24.3 Å². The highest BCUT2D eigenvalue weighted by Gasteiger charge is 2.47. The molecule has 2 aromatic heterocycles. The number of hydrogen-bond donors (Lipinski definition) is 3. The fraction of sp³-hybridized carbons (Fsp3) is 0.429. The number of alkyl halides is 6. The zero-order valence-electron chi connectivity index (χ0n) is 24.2. The van der Waals surface area contributed by atoms with Gasteiger partial charge in [-0.3, -0.25) is 9.69 Å². The SMILES string of the molecule is COc1cccc(CNC(=O)C2Cn3ccnc3C3(CCN(Cc4ccco4)CC3)O2)c1.O=C(O)C(F)(F)F.O=C(O)C(F)(F)F. The predicted octanol–water partition coefficient (Wildman–Crippen LogP) is 3.96. The number of amides is 1. The van der Waals surface area contributed by atoms with Crippen LogP contribution in [0.5, 0.6) is 5.75 Å². The van der Waals surface area contributed by atoms with Crippen LogP contribution in [0.15, 0.2) is 59.5 Å². The number of carboxylic acid groups (broad SMARTS) is 2. The minimum Gasteiger partial charge on any atom is -0.497 e. The number of aliphatic carboxylic acids is 2. The quantitative estimate of drug-likeness (QED) is 0.330. The molecule has 1 amide bonds. The van der Waals surface area contributed by atoms with E-state index in [-0.39, 0.29) is 5.91 Å². The van der Waals surface area contributed by atoms with Crippen molar-refractivity contribution in [2.75, 3.05) is 20.2 Å². The van der Waals surface area contributed by atoms with Crippen molar-refractivity contribution in [2.45, 2.75) is 56.5 Å². The number of piperidine rings is 1. The molecule has 1 spiro atoms. The molecule has 3 aromatic rings. The molecular formula is C28H30F6N4O8. The van der Waals surface area contributed by atoms with Gasteiger partial charge in [-0.15, -0.1) is 0 Å². The molecule has 1 saturated heterocycles. The van der Waals surface area contributed by atoms with Gasteiger partial charge in [0, 0.05) is 32.0 Å². The maximum atomic E-state index is 13.0. The fourth-order valence-electron chi connectivity index (χ4n) is 4.66. The Bertz CT molecular complexity index is 1430. The summed E-state index contributed by atoms with van der Waals surface area (Å²) in [4.78, 5) is 37.8. The molecule has 1 aromatic carbocycles. The van der Waals surface area contributed by atoms with E-state index in [9.17, 15) is 31.1 Å². The van der Waals surface area contributed by atoms with Crippen molar-refractivity contribution in [1.29, 1.82) is 0 Å². The molecule has 3 N–H and O–H groups in total. The zero-order chi connectivity index (χ0) is 34.1. The van der Waals surface area contributed by atoms with Crippen LogP contribution in [0.4, 0.5) is 26.3 Å². The maximum absolute atomic E-state index is 13.0. The van der Waals surface area contributed by atoms with Crippen molar-refractivity contribution < 1.29 is 64.8 Å². The summed E-state index contributed by atoms with van der Waals surface area (Å²) < 4.78 is 82.8. The number of halogens is 6. The van der Waals surface area contributed by atoms with Gasteiger partial charge in [-0.1, -0.05) is 12.1 Å². The van der Waals surface area contributed by atoms with Crippen molar-refractivity contribution in [3.63, 3.8) is 0 Å². The highest BCUT2D eigenvalue weighted by atomic mass is 19.4. The molecule has 2 aliphatic rings. The number of methoxy groups -OCH3 is 1. The summed E-state index contributed by atoms with van der Waals surface area (Å²) in [6, 6.07) is 11.6. The van der Waals surface area contributed by atoms with Crippen molar-refractivity contribution in [1.82, 2.24) is 19.8 Å². The highest BCUT2D eigenvalue weighted by Crippen LogP contribution is 2.40. The third-order valence-electron chi connectivity index (χ3n) is 6.85. The number of aromatic nitrogens is 2. The average Bonchev–Trinajstić information content (AvgIpc) is 3.70. The van der Waals surface area contributed by atoms with Gasteiger partial charge in [0.25, 0.3) is 5.91 Å². The van der Waals surface area contributed by atoms with E-state index >= 15 is 0 Å². The number of benzene rings is 1. The molecule has 0 aliphatic carbocycles. The maximum Gasteiger partial charge on any atom is 0.490 e. The number of hydrogen-bond acceptors (Lipinski definition) is 8. The van der Waals surface area contributed by atoms with Gasteiger partial charge in [0.05, 0.1) is 26.5 Å². The summed E-state index contributed by atoms with van der Waals surface area (Å²) in [5.74, 6) is -2.97. The molecule has 46 heavy (non-hydrogen) atoms. The third-order valence-corrected chi connectivity index (χ3v) is 6.85. The number of ether oxygens (including phenoxy) is 2. The number of fused-ring (bicyclic) bond motifs is 2. The van der Waals surface area contributed by atoms with E-state index < -0.39 is 36.0 Å². The summed E-state index contributed by atoms with van der Waals surface area (Å²) in [6.45, 7) is 3.38. The number of carbonyl (C=O) groups is 3. The van der Waals surface area contributed by atoms with Crippen LogP contribution < -0.4 is 10.1 Å². The molecule has 4 heterocycles. The molecule has 2 aliphatic heterocycles. The van der Waals surface area contributed by atoms with Crippen LogP contribution in [0.3, 0.4) is 0 Å². The number of furan rings is 1. The molecule has 12 nitrogen and oxygen atoms in total. The first-order valence-electron chi connectivity index (χ1n) is 13.5. The number of nitrogens with one attached hydrogen (secondary N) is 1. The normalized spacial score (nSPS) is 17.4. The predicted molar refractivity (Wildman–Crippen MR) is 144 cm³/mol. The summed E-state index contributed by atoms with van der Waals surface area (Å²) in [5, 5.41) is 17.3. The van der Waals surface area contributed by atoms with Crippen molar-refractivity contribution in [3.05, 3.63) is 72.2 Å².